The molecule has 0 aliphatic rings. The zero-order chi connectivity index (χ0) is 10.1. The molecule has 0 aliphatic heterocycles. The van der Waals surface area contributed by atoms with Crippen LogP contribution in [0.2, 0.25) is 0 Å². The van der Waals surface area contributed by atoms with E-state index in [0.717, 1.165) is 19.6 Å². The molecule has 1 unspecified atom stereocenters. The number of aliphatic hydroxyl groups is 2. The Bertz CT molecular complexity index is 107. The van der Waals surface area contributed by atoms with Gasteiger partial charge in [-0.25, -0.2) is 0 Å². The first-order valence-corrected chi connectivity index (χ1v) is 4.84. The Morgan fingerprint density at radius 1 is 1.23 bits per heavy atom. The van der Waals surface area contributed by atoms with E-state index in [1.165, 1.54) is 0 Å². The maximum absolute atomic E-state index is 8.96. The fourth-order valence-electron chi connectivity index (χ4n) is 1.15. The lowest BCUT2D eigenvalue weighted by Gasteiger charge is -2.23. The van der Waals surface area contributed by atoms with Crippen molar-refractivity contribution in [3.05, 3.63) is 0 Å². The first kappa shape index (κ1) is 12.8. The van der Waals surface area contributed by atoms with Crippen LogP contribution in [0, 0.1) is 0 Å². The highest BCUT2D eigenvalue weighted by atomic mass is 16.5. The van der Waals surface area contributed by atoms with Crippen molar-refractivity contribution in [2.24, 2.45) is 0 Å². The van der Waals surface area contributed by atoms with Crippen LogP contribution in [0.4, 0.5) is 0 Å². The van der Waals surface area contributed by atoms with Crippen LogP contribution < -0.4 is 0 Å². The maximum atomic E-state index is 8.96. The second-order valence-corrected chi connectivity index (χ2v) is 2.88. The highest BCUT2D eigenvalue weighted by molar-refractivity contribution is 4.62. The van der Waals surface area contributed by atoms with Crippen molar-refractivity contribution in [3.63, 3.8) is 0 Å². The molecule has 0 aromatic heterocycles. The molecule has 1 atom stereocenters. The number of hydrogen-bond donors (Lipinski definition) is 2. The Balaban J connectivity index is 3.67. The zero-order valence-electron chi connectivity index (χ0n) is 8.57. The smallest absolute Gasteiger partial charge is 0.0933 e. The molecular weight excluding hydrogens is 170 g/mol. The molecule has 80 valence electrons. The molecule has 0 amide bonds. The van der Waals surface area contributed by atoms with Crippen molar-refractivity contribution in [2.75, 3.05) is 39.5 Å². The van der Waals surface area contributed by atoms with Gasteiger partial charge in [-0.05, 0) is 13.1 Å². The Kier molecular flexibility index (Phi) is 8.33. The molecule has 0 bridgehead atoms. The number of nitrogens with zero attached hydrogens (tertiary/aromatic N) is 1. The molecule has 4 nitrogen and oxygen atoms in total. The van der Waals surface area contributed by atoms with E-state index in [4.69, 9.17) is 14.9 Å². The molecule has 0 rings (SSSR count). The van der Waals surface area contributed by atoms with Crippen LogP contribution >= 0.6 is 0 Å². The van der Waals surface area contributed by atoms with Crippen LogP contribution in [0.15, 0.2) is 0 Å². The summed E-state index contributed by atoms with van der Waals surface area (Å²) in [6, 6.07) is 0. The summed E-state index contributed by atoms with van der Waals surface area (Å²) in [5, 5.41) is 17.5. The van der Waals surface area contributed by atoms with Crippen molar-refractivity contribution in [1.29, 1.82) is 0 Å². The molecule has 0 aromatic carbocycles. The standard InChI is InChI=1S/C9H21NO3/c1-3-10(4-2)7-9(8-12)13-6-5-11/h9,11-12H,3-8H2,1-2H3. The summed E-state index contributed by atoms with van der Waals surface area (Å²) in [7, 11) is 0. The average Bonchev–Trinajstić information content (AvgIpc) is 2.19. The van der Waals surface area contributed by atoms with Crippen molar-refractivity contribution >= 4 is 0 Å². The summed E-state index contributed by atoms with van der Waals surface area (Å²) in [5.41, 5.74) is 0. The molecule has 0 aromatic rings. The number of likely N-dealkylation sites (N-methyl/N-ethyl adjacent to an activating group) is 1. The van der Waals surface area contributed by atoms with Gasteiger partial charge >= 0.3 is 0 Å². The molecule has 0 spiro atoms. The quantitative estimate of drug-likeness (QED) is 0.553. The summed E-state index contributed by atoms with van der Waals surface area (Å²) in [4.78, 5) is 2.18. The molecule has 13 heavy (non-hydrogen) atoms. The minimum atomic E-state index is -0.174. The Labute approximate surface area is 80.1 Å². The molecule has 0 saturated heterocycles. The van der Waals surface area contributed by atoms with Crippen molar-refractivity contribution in [2.45, 2.75) is 20.0 Å². The topological polar surface area (TPSA) is 52.9 Å². The molecular formula is C9H21NO3. The monoisotopic (exact) mass is 191 g/mol. The third-order valence-corrected chi connectivity index (χ3v) is 2.00. The Morgan fingerprint density at radius 3 is 2.23 bits per heavy atom. The second-order valence-electron chi connectivity index (χ2n) is 2.88. The lowest BCUT2D eigenvalue weighted by molar-refractivity contribution is -0.0198. The highest BCUT2D eigenvalue weighted by Crippen LogP contribution is 1.96. The van der Waals surface area contributed by atoms with Crippen molar-refractivity contribution < 1.29 is 14.9 Å². The van der Waals surface area contributed by atoms with Gasteiger partial charge in [-0.2, -0.15) is 0 Å². The third kappa shape index (κ3) is 5.99. The predicted molar refractivity (Wildman–Crippen MR) is 51.7 cm³/mol. The zero-order valence-corrected chi connectivity index (χ0v) is 8.57. The number of rotatable bonds is 8. The Hall–Kier alpha value is -0.160. The van der Waals surface area contributed by atoms with E-state index in [2.05, 4.69) is 18.7 Å². The molecule has 4 heteroatoms. The fourth-order valence-corrected chi connectivity index (χ4v) is 1.15. The first-order chi connectivity index (χ1) is 6.28. The van der Waals surface area contributed by atoms with Crippen LogP contribution in [-0.2, 0) is 4.74 Å². The van der Waals surface area contributed by atoms with Crippen LogP contribution in [0.3, 0.4) is 0 Å². The third-order valence-electron chi connectivity index (χ3n) is 2.00. The number of aliphatic hydroxyl groups excluding tert-OH is 2. The van der Waals surface area contributed by atoms with E-state index < -0.39 is 0 Å². The Morgan fingerprint density at radius 2 is 1.85 bits per heavy atom. The van der Waals surface area contributed by atoms with Gasteiger partial charge in [-0.15, -0.1) is 0 Å². The summed E-state index contributed by atoms with van der Waals surface area (Å²) in [5.74, 6) is 0. The average molecular weight is 191 g/mol. The SMILES string of the molecule is CCN(CC)CC(CO)OCCO. The highest BCUT2D eigenvalue weighted by Gasteiger charge is 2.10. The lowest BCUT2D eigenvalue weighted by atomic mass is 10.3. The lowest BCUT2D eigenvalue weighted by Crippen LogP contribution is -2.36. The molecule has 0 fully saturated rings. The second kappa shape index (κ2) is 8.44. The van der Waals surface area contributed by atoms with Crippen LogP contribution in [-0.4, -0.2) is 60.7 Å². The van der Waals surface area contributed by atoms with Gasteiger partial charge in [0.05, 0.1) is 25.9 Å². The van der Waals surface area contributed by atoms with Crippen LogP contribution in [0.5, 0.6) is 0 Å². The van der Waals surface area contributed by atoms with Gasteiger partial charge in [0.2, 0.25) is 0 Å². The molecule has 0 radical (unpaired) electrons. The van der Waals surface area contributed by atoms with E-state index in [1.807, 2.05) is 0 Å². The van der Waals surface area contributed by atoms with Gasteiger partial charge in [0.1, 0.15) is 0 Å². The van der Waals surface area contributed by atoms with Crippen LogP contribution in [0.25, 0.3) is 0 Å². The van der Waals surface area contributed by atoms with Crippen molar-refractivity contribution in [1.82, 2.24) is 4.90 Å². The van der Waals surface area contributed by atoms with E-state index in [1.54, 1.807) is 0 Å². The molecule has 0 saturated carbocycles. The van der Waals surface area contributed by atoms with Crippen LogP contribution in [0.1, 0.15) is 13.8 Å². The fraction of sp³-hybridized carbons (Fsp3) is 1.00. The van der Waals surface area contributed by atoms with Gasteiger partial charge in [0.25, 0.3) is 0 Å². The minimum Gasteiger partial charge on any atom is -0.394 e. The first-order valence-electron chi connectivity index (χ1n) is 4.84. The molecule has 0 aliphatic carbocycles. The van der Waals surface area contributed by atoms with E-state index in [-0.39, 0.29) is 19.3 Å². The summed E-state index contributed by atoms with van der Waals surface area (Å²) in [6.07, 6.45) is -0.174. The van der Waals surface area contributed by atoms with E-state index >= 15 is 0 Å². The minimum absolute atomic E-state index is 0.00868. The number of hydrogen-bond acceptors (Lipinski definition) is 4. The molecule has 2 N–H and O–H groups in total. The van der Waals surface area contributed by atoms with E-state index in [9.17, 15) is 0 Å². The van der Waals surface area contributed by atoms with Gasteiger partial charge in [0.15, 0.2) is 0 Å². The van der Waals surface area contributed by atoms with Gasteiger partial charge < -0.3 is 19.8 Å². The number of ether oxygens (including phenoxy) is 1. The van der Waals surface area contributed by atoms with Gasteiger partial charge in [-0.1, -0.05) is 13.8 Å². The predicted octanol–water partition coefficient (Wildman–Crippen LogP) is -0.302. The summed E-state index contributed by atoms with van der Waals surface area (Å²) in [6.45, 7) is 7.10. The maximum Gasteiger partial charge on any atom is 0.0933 e. The van der Waals surface area contributed by atoms with Gasteiger partial charge in [-0.3, -0.25) is 0 Å². The largest absolute Gasteiger partial charge is 0.394 e. The van der Waals surface area contributed by atoms with Crippen molar-refractivity contribution in [3.8, 4) is 0 Å². The normalized spacial score (nSPS) is 13.6. The van der Waals surface area contributed by atoms with E-state index in [0.29, 0.717) is 6.61 Å². The summed E-state index contributed by atoms with van der Waals surface area (Å²) >= 11 is 0. The van der Waals surface area contributed by atoms with Gasteiger partial charge in [0, 0.05) is 6.54 Å². The molecule has 0 heterocycles. The summed E-state index contributed by atoms with van der Waals surface area (Å²) < 4.78 is 5.23.